The standard InChI is InChI=1S/C22H25N7OS/c1-16-5-3-7-22-25-20(26-29(16)22)8-9-21-24-18(19-6-4-12-31-19)15-28(21)14-17(30)13-27(2)11-10-23/h3-7,12,15,17,30H,8-9,11,13-14H2,1-2H3. The molecule has 4 heterocycles. The largest absolute Gasteiger partial charge is 0.390 e. The molecule has 0 radical (unpaired) electrons. The van der Waals surface area contributed by atoms with Gasteiger partial charge < -0.3 is 9.67 Å². The van der Waals surface area contributed by atoms with E-state index in [0.717, 1.165) is 33.6 Å². The number of nitrogens with zero attached hydrogens (tertiary/aromatic N) is 7. The molecule has 1 atom stereocenters. The lowest BCUT2D eigenvalue weighted by Crippen LogP contribution is -2.32. The van der Waals surface area contributed by atoms with Crippen LogP contribution in [-0.2, 0) is 19.4 Å². The van der Waals surface area contributed by atoms with Crippen LogP contribution in [0.4, 0.5) is 0 Å². The van der Waals surface area contributed by atoms with Crippen molar-refractivity contribution >= 4 is 17.0 Å². The zero-order valence-electron chi connectivity index (χ0n) is 17.6. The minimum absolute atomic E-state index is 0.285. The van der Waals surface area contributed by atoms with Crippen molar-refractivity contribution in [2.45, 2.75) is 32.4 Å². The van der Waals surface area contributed by atoms with E-state index in [1.54, 1.807) is 11.3 Å². The molecule has 160 valence electrons. The van der Waals surface area contributed by atoms with Crippen LogP contribution >= 0.6 is 11.3 Å². The SMILES string of the molecule is Cc1cccc2nc(CCc3nc(-c4cccs4)cn3CC(O)CN(C)CC#N)nn12. The number of aryl methyl sites for hydroxylation is 3. The molecule has 31 heavy (non-hydrogen) atoms. The summed E-state index contributed by atoms with van der Waals surface area (Å²) in [6.45, 7) is 3.14. The average molecular weight is 436 g/mol. The van der Waals surface area contributed by atoms with Gasteiger partial charge in [0.15, 0.2) is 11.5 Å². The van der Waals surface area contributed by atoms with Crippen LogP contribution < -0.4 is 0 Å². The zero-order valence-corrected chi connectivity index (χ0v) is 18.5. The van der Waals surface area contributed by atoms with Gasteiger partial charge in [-0.1, -0.05) is 12.1 Å². The van der Waals surface area contributed by atoms with Crippen molar-refractivity contribution in [1.29, 1.82) is 5.26 Å². The number of aromatic nitrogens is 5. The molecule has 8 nitrogen and oxygen atoms in total. The highest BCUT2D eigenvalue weighted by Crippen LogP contribution is 2.24. The number of aliphatic hydroxyl groups is 1. The number of thiophene rings is 1. The summed E-state index contributed by atoms with van der Waals surface area (Å²) in [5.74, 6) is 1.66. The zero-order chi connectivity index (χ0) is 21.8. The molecule has 0 aromatic carbocycles. The molecule has 0 aliphatic carbocycles. The van der Waals surface area contributed by atoms with Gasteiger partial charge in [0.25, 0.3) is 0 Å². The number of nitriles is 1. The van der Waals surface area contributed by atoms with Gasteiger partial charge in [-0.25, -0.2) is 14.5 Å². The second-order valence-electron chi connectivity index (χ2n) is 7.65. The van der Waals surface area contributed by atoms with E-state index in [4.69, 9.17) is 10.2 Å². The first kappa shape index (κ1) is 21.2. The predicted octanol–water partition coefficient (Wildman–Crippen LogP) is 2.56. The van der Waals surface area contributed by atoms with Crippen molar-refractivity contribution < 1.29 is 5.11 Å². The summed E-state index contributed by atoms with van der Waals surface area (Å²) in [5.41, 5.74) is 2.79. The van der Waals surface area contributed by atoms with Crippen molar-refractivity contribution in [1.82, 2.24) is 29.0 Å². The van der Waals surface area contributed by atoms with Crippen molar-refractivity contribution in [3.05, 3.63) is 59.3 Å². The Morgan fingerprint density at radius 1 is 1.23 bits per heavy atom. The monoisotopic (exact) mass is 435 g/mol. The number of hydrogen-bond acceptors (Lipinski definition) is 7. The Morgan fingerprint density at radius 2 is 2.10 bits per heavy atom. The van der Waals surface area contributed by atoms with Crippen LogP contribution in [0.3, 0.4) is 0 Å². The summed E-state index contributed by atoms with van der Waals surface area (Å²) in [6, 6.07) is 12.1. The molecule has 4 aromatic heterocycles. The van der Waals surface area contributed by atoms with Crippen LogP contribution in [0.2, 0.25) is 0 Å². The molecule has 0 aliphatic heterocycles. The Bertz CT molecular complexity index is 1190. The molecule has 4 aromatic rings. The van der Waals surface area contributed by atoms with Gasteiger partial charge in [0.05, 0.1) is 35.8 Å². The van der Waals surface area contributed by atoms with Gasteiger partial charge in [-0.05, 0) is 37.6 Å². The average Bonchev–Trinajstić information content (AvgIpc) is 3.46. The Morgan fingerprint density at radius 3 is 2.84 bits per heavy atom. The van der Waals surface area contributed by atoms with Crippen LogP contribution in [-0.4, -0.2) is 60.4 Å². The number of fused-ring (bicyclic) bond motifs is 1. The van der Waals surface area contributed by atoms with Crippen LogP contribution in [0.5, 0.6) is 0 Å². The lowest BCUT2D eigenvalue weighted by Gasteiger charge is -2.19. The molecule has 4 rings (SSSR count). The summed E-state index contributed by atoms with van der Waals surface area (Å²) in [4.78, 5) is 12.4. The van der Waals surface area contributed by atoms with E-state index in [9.17, 15) is 5.11 Å². The normalized spacial score (nSPS) is 12.5. The Labute approximate surface area is 185 Å². The smallest absolute Gasteiger partial charge is 0.155 e. The number of pyridine rings is 1. The third-order valence-electron chi connectivity index (χ3n) is 5.07. The topological polar surface area (TPSA) is 95.3 Å². The van der Waals surface area contributed by atoms with E-state index < -0.39 is 6.10 Å². The fourth-order valence-electron chi connectivity index (χ4n) is 3.59. The van der Waals surface area contributed by atoms with Gasteiger partial charge in [-0.2, -0.15) is 10.4 Å². The van der Waals surface area contributed by atoms with E-state index in [1.807, 2.05) is 69.9 Å². The summed E-state index contributed by atoms with van der Waals surface area (Å²) in [7, 11) is 1.83. The fourth-order valence-corrected chi connectivity index (χ4v) is 4.27. The number of rotatable bonds is 9. The minimum atomic E-state index is -0.599. The maximum absolute atomic E-state index is 10.5. The molecular weight excluding hydrogens is 410 g/mol. The molecule has 0 saturated carbocycles. The molecule has 0 amide bonds. The second kappa shape index (κ2) is 9.39. The lowest BCUT2D eigenvalue weighted by atomic mass is 10.2. The molecule has 1 unspecified atom stereocenters. The molecule has 0 spiro atoms. The summed E-state index contributed by atoms with van der Waals surface area (Å²) in [6.07, 6.45) is 2.73. The van der Waals surface area contributed by atoms with Gasteiger partial charge in [-0.15, -0.1) is 11.3 Å². The number of imidazole rings is 1. The van der Waals surface area contributed by atoms with Gasteiger partial charge in [-0.3, -0.25) is 4.90 Å². The predicted molar refractivity (Wildman–Crippen MR) is 120 cm³/mol. The second-order valence-corrected chi connectivity index (χ2v) is 8.59. The molecule has 9 heteroatoms. The summed E-state index contributed by atoms with van der Waals surface area (Å²) >= 11 is 1.64. The van der Waals surface area contributed by atoms with Crippen LogP contribution in [0.1, 0.15) is 17.3 Å². The Balaban J connectivity index is 1.53. The number of aliphatic hydroxyl groups excluding tert-OH is 1. The Hall–Kier alpha value is -3.06. The van der Waals surface area contributed by atoms with E-state index in [2.05, 4.69) is 16.2 Å². The molecule has 0 saturated heterocycles. The molecular formula is C22H25N7OS. The molecule has 1 N–H and O–H groups in total. The maximum Gasteiger partial charge on any atom is 0.155 e. The van der Waals surface area contributed by atoms with Gasteiger partial charge in [0.2, 0.25) is 0 Å². The summed E-state index contributed by atoms with van der Waals surface area (Å²) < 4.78 is 3.87. The van der Waals surface area contributed by atoms with Gasteiger partial charge in [0.1, 0.15) is 5.82 Å². The number of hydrogen-bond donors (Lipinski definition) is 1. The fraction of sp³-hybridized carbons (Fsp3) is 0.364. The van der Waals surface area contributed by atoms with Crippen molar-refractivity contribution in [2.75, 3.05) is 20.1 Å². The first-order chi connectivity index (χ1) is 15.0. The van der Waals surface area contributed by atoms with E-state index in [0.29, 0.717) is 25.9 Å². The lowest BCUT2D eigenvalue weighted by molar-refractivity contribution is 0.114. The van der Waals surface area contributed by atoms with Crippen molar-refractivity contribution in [2.24, 2.45) is 0 Å². The molecule has 0 aliphatic rings. The highest BCUT2D eigenvalue weighted by atomic mass is 32.1. The minimum Gasteiger partial charge on any atom is -0.390 e. The van der Waals surface area contributed by atoms with Crippen LogP contribution in [0.15, 0.2) is 41.9 Å². The molecule has 0 bridgehead atoms. The van der Waals surface area contributed by atoms with Crippen LogP contribution in [0.25, 0.3) is 16.2 Å². The quantitative estimate of drug-likeness (QED) is 0.406. The van der Waals surface area contributed by atoms with E-state index in [1.165, 1.54) is 0 Å². The highest BCUT2D eigenvalue weighted by Gasteiger charge is 2.16. The number of likely N-dealkylation sites (N-methyl/N-ethyl adjacent to an activating group) is 1. The van der Waals surface area contributed by atoms with Crippen LogP contribution in [0, 0.1) is 18.3 Å². The van der Waals surface area contributed by atoms with Gasteiger partial charge in [0, 0.05) is 31.3 Å². The third kappa shape index (κ3) is 4.99. The first-order valence-corrected chi connectivity index (χ1v) is 11.1. The van der Waals surface area contributed by atoms with Crippen molar-refractivity contribution in [3.8, 4) is 16.6 Å². The summed E-state index contributed by atoms with van der Waals surface area (Å²) in [5, 5.41) is 26.0. The molecule has 0 fully saturated rings. The first-order valence-electron chi connectivity index (χ1n) is 10.2. The van der Waals surface area contributed by atoms with E-state index in [-0.39, 0.29) is 6.54 Å². The van der Waals surface area contributed by atoms with Crippen molar-refractivity contribution in [3.63, 3.8) is 0 Å². The highest BCUT2D eigenvalue weighted by molar-refractivity contribution is 7.13. The Kier molecular flexibility index (Phi) is 6.42. The third-order valence-corrected chi connectivity index (χ3v) is 5.96. The van der Waals surface area contributed by atoms with Gasteiger partial charge >= 0.3 is 0 Å². The maximum atomic E-state index is 10.5. The van der Waals surface area contributed by atoms with E-state index >= 15 is 0 Å².